The molecule has 0 aliphatic carbocycles. The van der Waals surface area contributed by atoms with Gasteiger partial charge in [0.15, 0.2) is 5.16 Å². The number of H-pyrrole nitrogens is 1. The summed E-state index contributed by atoms with van der Waals surface area (Å²) in [5.74, 6) is -1.07. The number of carboxylic acid groups (broad SMARTS) is 1. The maximum Gasteiger partial charge on any atom is 0.354 e. The van der Waals surface area contributed by atoms with E-state index in [0.29, 0.717) is 11.7 Å². The van der Waals surface area contributed by atoms with Crippen molar-refractivity contribution in [3.63, 3.8) is 0 Å². The highest BCUT2D eigenvalue weighted by Crippen LogP contribution is 2.24. The van der Waals surface area contributed by atoms with Gasteiger partial charge in [-0.05, 0) is 30.3 Å². The fourth-order valence-electron chi connectivity index (χ4n) is 1.47. The number of hydrogen-bond acceptors (Lipinski definition) is 5. The number of hydrogen-bond donors (Lipinski definition) is 2. The van der Waals surface area contributed by atoms with E-state index in [9.17, 15) is 9.59 Å². The second kappa shape index (κ2) is 5.70. The molecule has 2 N–H and O–H groups in total. The molecule has 0 saturated heterocycles. The summed E-state index contributed by atoms with van der Waals surface area (Å²) >= 11 is 1.26. The second-order valence-electron chi connectivity index (χ2n) is 3.75. The average Bonchev–Trinajstić information content (AvgIpc) is 2.73. The van der Waals surface area contributed by atoms with Crippen molar-refractivity contribution in [3.8, 4) is 0 Å². The van der Waals surface area contributed by atoms with Crippen LogP contribution in [0.5, 0.6) is 0 Å². The van der Waals surface area contributed by atoms with Gasteiger partial charge in [-0.25, -0.2) is 19.7 Å². The molecule has 19 heavy (non-hydrogen) atoms. The predicted octanol–water partition coefficient (Wildman–Crippen LogP) is 1.23. The Labute approximate surface area is 112 Å². The van der Waals surface area contributed by atoms with Gasteiger partial charge in [-0.15, -0.1) is 5.10 Å². The Kier molecular flexibility index (Phi) is 4.00. The van der Waals surface area contributed by atoms with E-state index in [0.717, 1.165) is 11.3 Å². The molecular formula is C11H12N4O3S. The lowest BCUT2D eigenvalue weighted by atomic mass is 10.4. The van der Waals surface area contributed by atoms with Crippen LogP contribution in [-0.4, -0.2) is 30.8 Å². The third-order valence-electron chi connectivity index (χ3n) is 2.34. The maximum absolute atomic E-state index is 11.5. The zero-order valence-corrected chi connectivity index (χ0v) is 11.0. The van der Waals surface area contributed by atoms with Crippen molar-refractivity contribution in [2.45, 2.75) is 29.9 Å². The molecule has 7 nitrogen and oxygen atoms in total. The number of nitrogens with one attached hydrogen (secondary N) is 1. The Morgan fingerprint density at radius 3 is 2.89 bits per heavy atom. The topological polar surface area (TPSA) is 101 Å². The first kappa shape index (κ1) is 13.3. The molecule has 8 heteroatoms. The molecule has 0 spiro atoms. The molecule has 0 bridgehead atoms. The van der Waals surface area contributed by atoms with E-state index in [4.69, 9.17) is 5.11 Å². The molecule has 0 aromatic carbocycles. The van der Waals surface area contributed by atoms with E-state index in [1.807, 2.05) is 6.92 Å². The normalized spacial score (nSPS) is 10.6. The highest BCUT2D eigenvalue weighted by atomic mass is 32.2. The van der Waals surface area contributed by atoms with Crippen molar-refractivity contribution < 1.29 is 9.90 Å². The summed E-state index contributed by atoms with van der Waals surface area (Å²) in [6.45, 7) is 2.55. The van der Waals surface area contributed by atoms with Crippen LogP contribution in [0.3, 0.4) is 0 Å². The number of nitrogens with zero attached hydrogens (tertiary/aromatic N) is 3. The Morgan fingerprint density at radius 1 is 1.53 bits per heavy atom. The molecule has 0 radical (unpaired) electrons. The lowest BCUT2D eigenvalue weighted by Gasteiger charge is -2.03. The zero-order chi connectivity index (χ0) is 13.8. The van der Waals surface area contributed by atoms with Crippen LogP contribution in [0.1, 0.15) is 23.8 Å². The van der Waals surface area contributed by atoms with Gasteiger partial charge in [-0.3, -0.25) is 4.57 Å². The Morgan fingerprint density at radius 2 is 2.32 bits per heavy atom. The maximum atomic E-state index is 11.5. The summed E-state index contributed by atoms with van der Waals surface area (Å²) < 4.78 is 1.54. The second-order valence-corrected chi connectivity index (χ2v) is 4.79. The van der Waals surface area contributed by atoms with Gasteiger partial charge in [-0.1, -0.05) is 6.92 Å². The molecule has 2 aromatic heterocycles. The number of aromatic nitrogens is 4. The molecule has 0 unspecified atom stereocenters. The number of rotatable bonds is 5. The van der Waals surface area contributed by atoms with E-state index >= 15 is 0 Å². The summed E-state index contributed by atoms with van der Waals surface area (Å²) in [5, 5.41) is 15.6. The molecule has 2 heterocycles. The van der Waals surface area contributed by atoms with E-state index in [-0.39, 0.29) is 11.4 Å². The van der Waals surface area contributed by atoms with Crippen LogP contribution in [-0.2, 0) is 6.54 Å². The van der Waals surface area contributed by atoms with Gasteiger partial charge in [0.2, 0.25) is 0 Å². The molecule has 2 rings (SSSR count). The van der Waals surface area contributed by atoms with Gasteiger partial charge in [0.25, 0.3) is 0 Å². The van der Waals surface area contributed by atoms with E-state index in [2.05, 4.69) is 15.2 Å². The monoisotopic (exact) mass is 280 g/mol. The van der Waals surface area contributed by atoms with Gasteiger partial charge in [-0.2, -0.15) is 0 Å². The first-order chi connectivity index (χ1) is 9.11. The summed E-state index contributed by atoms with van der Waals surface area (Å²) in [4.78, 5) is 26.7. The summed E-state index contributed by atoms with van der Waals surface area (Å²) in [5.41, 5.74) is -0.267. The third kappa shape index (κ3) is 3.02. The molecule has 0 atom stereocenters. The Hall–Kier alpha value is -2.09. The summed E-state index contributed by atoms with van der Waals surface area (Å²) in [7, 11) is 0. The number of aromatic carboxylic acids is 1. The van der Waals surface area contributed by atoms with Crippen LogP contribution < -0.4 is 5.69 Å². The predicted molar refractivity (Wildman–Crippen MR) is 68.5 cm³/mol. The minimum atomic E-state index is -1.07. The van der Waals surface area contributed by atoms with Crippen LogP contribution in [0.15, 0.2) is 33.2 Å². The first-order valence-electron chi connectivity index (χ1n) is 5.64. The Balaban J connectivity index is 2.21. The van der Waals surface area contributed by atoms with Crippen molar-refractivity contribution in [1.82, 2.24) is 19.7 Å². The molecule has 0 aliphatic rings. The number of aromatic amines is 1. The lowest BCUT2D eigenvalue weighted by molar-refractivity contribution is 0.0690. The van der Waals surface area contributed by atoms with Gasteiger partial charge in [0.05, 0.1) is 0 Å². The summed E-state index contributed by atoms with van der Waals surface area (Å²) in [6.07, 6.45) is 2.27. The first-order valence-corrected chi connectivity index (χ1v) is 6.46. The zero-order valence-electron chi connectivity index (χ0n) is 10.2. The standard InChI is InChI=1S/C11H12N4O3S/c1-2-5-15-10(18)13-14-11(15)19-7-3-4-8(9(16)17)12-6-7/h3-4,6H,2,5H2,1H3,(H,13,18)(H,16,17). The van der Waals surface area contributed by atoms with E-state index in [1.54, 1.807) is 6.07 Å². The molecule has 0 fully saturated rings. The summed E-state index contributed by atoms with van der Waals surface area (Å²) in [6, 6.07) is 3.05. The SMILES string of the molecule is CCCn1c(Sc2ccc(C(=O)O)nc2)n[nH]c1=O. The molecule has 100 valence electrons. The van der Waals surface area contributed by atoms with Crippen LogP contribution in [0.2, 0.25) is 0 Å². The van der Waals surface area contributed by atoms with Crippen molar-refractivity contribution in [2.75, 3.05) is 0 Å². The van der Waals surface area contributed by atoms with E-state index in [1.165, 1.54) is 28.6 Å². The smallest absolute Gasteiger partial charge is 0.354 e. The van der Waals surface area contributed by atoms with Gasteiger partial charge >= 0.3 is 11.7 Å². The Bertz CT molecular complexity index is 632. The lowest BCUT2D eigenvalue weighted by Crippen LogP contribution is -2.17. The van der Waals surface area contributed by atoms with Crippen LogP contribution in [0.4, 0.5) is 0 Å². The minimum absolute atomic E-state index is 0.0164. The molecule has 2 aromatic rings. The largest absolute Gasteiger partial charge is 0.477 e. The van der Waals surface area contributed by atoms with Crippen LogP contribution in [0, 0.1) is 0 Å². The highest BCUT2D eigenvalue weighted by Gasteiger charge is 2.10. The third-order valence-corrected chi connectivity index (χ3v) is 3.31. The van der Waals surface area contributed by atoms with Crippen molar-refractivity contribution in [1.29, 1.82) is 0 Å². The van der Waals surface area contributed by atoms with Gasteiger partial charge in [0, 0.05) is 17.6 Å². The molecular weight excluding hydrogens is 268 g/mol. The fraction of sp³-hybridized carbons (Fsp3) is 0.273. The number of pyridine rings is 1. The van der Waals surface area contributed by atoms with Crippen LogP contribution in [0.25, 0.3) is 0 Å². The number of carboxylic acids is 1. The van der Waals surface area contributed by atoms with E-state index < -0.39 is 5.97 Å². The van der Waals surface area contributed by atoms with Crippen molar-refractivity contribution in [3.05, 3.63) is 34.5 Å². The van der Waals surface area contributed by atoms with Crippen molar-refractivity contribution >= 4 is 17.7 Å². The molecule has 0 saturated carbocycles. The quantitative estimate of drug-likeness (QED) is 0.854. The minimum Gasteiger partial charge on any atom is -0.477 e. The van der Waals surface area contributed by atoms with Gasteiger partial charge < -0.3 is 5.11 Å². The van der Waals surface area contributed by atoms with Crippen molar-refractivity contribution in [2.24, 2.45) is 0 Å². The highest BCUT2D eigenvalue weighted by molar-refractivity contribution is 7.99. The average molecular weight is 280 g/mol. The fourth-order valence-corrected chi connectivity index (χ4v) is 2.30. The number of carbonyl (C=O) groups is 1. The van der Waals surface area contributed by atoms with Crippen LogP contribution >= 0.6 is 11.8 Å². The molecule has 0 amide bonds. The van der Waals surface area contributed by atoms with Gasteiger partial charge in [0.1, 0.15) is 5.69 Å². The molecule has 0 aliphatic heterocycles.